The Balaban J connectivity index is 2.45. The summed E-state index contributed by atoms with van der Waals surface area (Å²) >= 11 is 3.24. The smallest absolute Gasteiger partial charge is 0.328 e. The molecule has 1 aromatic heterocycles. The molecule has 0 saturated carbocycles. The topological polar surface area (TPSA) is 44.1 Å². The van der Waals surface area contributed by atoms with Gasteiger partial charge in [-0.2, -0.15) is 5.10 Å². The molecule has 0 aliphatic heterocycles. The average molecular weight is 247 g/mol. The minimum Gasteiger partial charge on any atom is -0.462 e. The summed E-state index contributed by atoms with van der Waals surface area (Å²) in [5, 5.41) is 3.93. The fourth-order valence-corrected chi connectivity index (χ4v) is 1.19. The lowest BCUT2D eigenvalue weighted by atomic mass is 10.5. The molecule has 0 fully saturated rings. The summed E-state index contributed by atoms with van der Waals surface area (Å²) < 4.78 is 7.32. The fraction of sp³-hybridized carbons (Fsp3) is 0.500. The molecule has 0 unspecified atom stereocenters. The summed E-state index contributed by atoms with van der Waals surface area (Å²) in [6.45, 7) is 3.79. The molecule has 1 aromatic rings. The Hall–Kier alpha value is -0.840. The van der Waals surface area contributed by atoms with Crippen LogP contribution in [0.2, 0.25) is 0 Å². The van der Waals surface area contributed by atoms with Gasteiger partial charge in [0.05, 0.1) is 16.8 Å². The maximum absolute atomic E-state index is 11.1. The van der Waals surface area contributed by atoms with Crippen LogP contribution in [0.25, 0.3) is 0 Å². The number of carbonyl (C=O) groups is 1. The lowest BCUT2D eigenvalue weighted by Gasteiger charge is -2.07. The standard InChI is InChI=1S/C8H11BrN2O2/c1-6(2)13-8(12)5-11-4-7(9)3-10-11/h3-4,6H,5H2,1-2H3. The van der Waals surface area contributed by atoms with Crippen LogP contribution in [0.5, 0.6) is 0 Å². The van der Waals surface area contributed by atoms with Crippen LogP contribution in [0.3, 0.4) is 0 Å². The van der Waals surface area contributed by atoms with E-state index in [-0.39, 0.29) is 18.6 Å². The predicted molar refractivity (Wildman–Crippen MR) is 51.2 cm³/mol. The quantitative estimate of drug-likeness (QED) is 0.762. The first kappa shape index (κ1) is 10.2. The molecule has 1 heterocycles. The molecular weight excluding hydrogens is 236 g/mol. The number of nitrogens with zero attached hydrogens (tertiary/aromatic N) is 2. The van der Waals surface area contributed by atoms with E-state index in [4.69, 9.17) is 4.74 Å². The summed E-state index contributed by atoms with van der Waals surface area (Å²) in [6.07, 6.45) is 3.27. The van der Waals surface area contributed by atoms with Gasteiger partial charge >= 0.3 is 5.97 Å². The van der Waals surface area contributed by atoms with Crippen molar-refractivity contribution in [2.75, 3.05) is 0 Å². The maximum Gasteiger partial charge on any atom is 0.328 e. The summed E-state index contributed by atoms with van der Waals surface area (Å²) in [5.41, 5.74) is 0. The molecule has 0 aliphatic rings. The molecular formula is C8H11BrN2O2. The third kappa shape index (κ3) is 3.59. The molecule has 0 aromatic carbocycles. The SMILES string of the molecule is CC(C)OC(=O)Cn1cc(Br)cn1. The van der Waals surface area contributed by atoms with Crippen LogP contribution in [0.1, 0.15) is 13.8 Å². The van der Waals surface area contributed by atoms with E-state index in [1.807, 2.05) is 13.8 Å². The summed E-state index contributed by atoms with van der Waals surface area (Å²) in [6, 6.07) is 0. The molecule has 0 amide bonds. The Morgan fingerprint density at radius 1 is 1.77 bits per heavy atom. The molecule has 0 atom stereocenters. The van der Waals surface area contributed by atoms with Crippen LogP contribution in [0.4, 0.5) is 0 Å². The molecule has 5 heteroatoms. The molecule has 72 valence electrons. The highest BCUT2D eigenvalue weighted by molar-refractivity contribution is 9.10. The highest BCUT2D eigenvalue weighted by atomic mass is 79.9. The third-order valence-corrected chi connectivity index (χ3v) is 1.67. The second-order valence-corrected chi connectivity index (χ2v) is 3.81. The zero-order chi connectivity index (χ0) is 9.84. The van der Waals surface area contributed by atoms with E-state index in [1.165, 1.54) is 4.68 Å². The Morgan fingerprint density at radius 2 is 2.46 bits per heavy atom. The number of hydrogen-bond acceptors (Lipinski definition) is 3. The lowest BCUT2D eigenvalue weighted by molar-refractivity contribution is -0.148. The van der Waals surface area contributed by atoms with E-state index in [9.17, 15) is 4.79 Å². The van der Waals surface area contributed by atoms with Gasteiger partial charge in [0, 0.05) is 6.20 Å². The molecule has 1 rings (SSSR count). The number of hydrogen-bond donors (Lipinski definition) is 0. The van der Waals surface area contributed by atoms with Gasteiger partial charge in [0.1, 0.15) is 6.54 Å². The highest BCUT2D eigenvalue weighted by Gasteiger charge is 2.06. The van der Waals surface area contributed by atoms with Gasteiger partial charge in [-0.3, -0.25) is 9.48 Å². The summed E-state index contributed by atoms with van der Waals surface area (Å²) in [5.74, 6) is -0.273. The number of aromatic nitrogens is 2. The van der Waals surface area contributed by atoms with E-state index in [0.29, 0.717) is 0 Å². The van der Waals surface area contributed by atoms with Crippen LogP contribution in [0, 0.1) is 0 Å². The largest absolute Gasteiger partial charge is 0.462 e. The fourth-order valence-electron chi connectivity index (χ4n) is 0.857. The second-order valence-electron chi connectivity index (χ2n) is 2.89. The van der Waals surface area contributed by atoms with Crippen LogP contribution in [0.15, 0.2) is 16.9 Å². The van der Waals surface area contributed by atoms with Gasteiger partial charge in [0.2, 0.25) is 0 Å². The Labute approximate surface area is 85.0 Å². The van der Waals surface area contributed by atoms with Crippen LogP contribution < -0.4 is 0 Å². The van der Waals surface area contributed by atoms with Crippen molar-refractivity contribution in [2.24, 2.45) is 0 Å². The first-order valence-corrected chi connectivity index (χ1v) is 4.74. The van der Waals surface area contributed by atoms with Gasteiger partial charge in [0.15, 0.2) is 0 Å². The average Bonchev–Trinajstić information content (AvgIpc) is 2.33. The van der Waals surface area contributed by atoms with Gasteiger partial charge < -0.3 is 4.74 Å². The van der Waals surface area contributed by atoms with E-state index in [0.717, 1.165) is 4.47 Å². The molecule has 0 N–H and O–H groups in total. The van der Waals surface area contributed by atoms with Crippen molar-refractivity contribution in [2.45, 2.75) is 26.5 Å². The molecule has 4 nitrogen and oxygen atoms in total. The van der Waals surface area contributed by atoms with Gasteiger partial charge in [-0.15, -0.1) is 0 Å². The van der Waals surface area contributed by atoms with Gasteiger partial charge in [-0.05, 0) is 29.8 Å². The molecule has 0 aliphatic carbocycles. The zero-order valence-corrected chi connectivity index (χ0v) is 9.11. The highest BCUT2D eigenvalue weighted by Crippen LogP contribution is 2.06. The lowest BCUT2D eigenvalue weighted by Crippen LogP contribution is -2.17. The number of rotatable bonds is 3. The minimum atomic E-state index is -0.273. The van der Waals surface area contributed by atoms with Gasteiger partial charge in [-0.1, -0.05) is 0 Å². The van der Waals surface area contributed by atoms with Gasteiger partial charge in [-0.25, -0.2) is 0 Å². The molecule has 0 radical (unpaired) electrons. The van der Waals surface area contributed by atoms with Crippen molar-refractivity contribution in [3.8, 4) is 0 Å². The van der Waals surface area contributed by atoms with E-state index < -0.39 is 0 Å². The Bertz CT molecular complexity index is 296. The monoisotopic (exact) mass is 246 g/mol. The third-order valence-electron chi connectivity index (χ3n) is 1.26. The van der Waals surface area contributed by atoms with Gasteiger partial charge in [0.25, 0.3) is 0 Å². The number of carbonyl (C=O) groups excluding carboxylic acids is 1. The number of esters is 1. The van der Waals surface area contributed by atoms with Crippen molar-refractivity contribution in [1.82, 2.24) is 9.78 Å². The van der Waals surface area contributed by atoms with E-state index >= 15 is 0 Å². The summed E-state index contributed by atoms with van der Waals surface area (Å²) in [4.78, 5) is 11.1. The van der Waals surface area contributed by atoms with Crippen molar-refractivity contribution < 1.29 is 9.53 Å². The first-order chi connectivity index (χ1) is 6.08. The number of halogens is 1. The van der Waals surface area contributed by atoms with Crippen molar-refractivity contribution in [1.29, 1.82) is 0 Å². The first-order valence-electron chi connectivity index (χ1n) is 3.95. The minimum absolute atomic E-state index is 0.0773. The summed E-state index contributed by atoms with van der Waals surface area (Å²) in [7, 11) is 0. The molecule has 0 saturated heterocycles. The maximum atomic E-state index is 11.1. The predicted octanol–water partition coefficient (Wildman–Crippen LogP) is 1.60. The van der Waals surface area contributed by atoms with Crippen molar-refractivity contribution in [3.05, 3.63) is 16.9 Å². The second kappa shape index (κ2) is 4.41. The van der Waals surface area contributed by atoms with Crippen LogP contribution >= 0.6 is 15.9 Å². The van der Waals surface area contributed by atoms with E-state index in [2.05, 4.69) is 21.0 Å². The van der Waals surface area contributed by atoms with Crippen LogP contribution in [-0.2, 0) is 16.1 Å². The normalized spacial score (nSPS) is 10.5. The zero-order valence-electron chi connectivity index (χ0n) is 7.53. The molecule has 0 bridgehead atoms. The van der Waals surface area contributed by atoms with Crippen LogP contribution in [-0.4, -0.2) is 21.9 Å². The van der Waals surface area contributed by atoms with Crippen molar-refractivity contribution in [3.63, 3.8) is 0 Å². The number of ether oxygens (including phenoxy) is 1. The molecule has 0 spiro atoms. The van der Waals surface area contributed by atoms with E-state index in [1.54, 1.807) is 12.4 Å². The Kier molecular flexibility index (Phi) is 3.48. The Morgan fingerprint density at radius 3 is 2.92 bits per heavy atom. The molecule has 13 heavy (non-hydrogen) atoms. The van der Waals surface area contributed by atoms with Crippen molar-refractivity contribution >= 4 is 21.9 Å².